The monoisotopic (exact) mass is 946 g/mol. The molecule has 14 nitrogen and oxygen atoms in total. The average molecular weight is 948 g/mol. The lowest BCUT2D eigenvalue weighted by atomic mass is 9.85. The summed E-state index contributed by atoms with van der Waals surface area (Å²) in [5.74, 6) is -0.558. The number of carbonyl (C=O) groups excluding carboxylic acids is 4. The largest absolute Gasteiger partial charge is 0.469 e. The number of β-amino-alcohol motifs (C(OH)–C–C–N with tert-alkyl or cyclic N) is 1. The first-order valence-electron chi connectivity index (χ1n) is 21.6. The van der Waals surface area contributed by atoms with Crippen LogP contribution in [0, 0.1) is 33.1 Å². The minimum absolute atomic E-state index is 0.00307. The molecule has 1 saturated heterocycles. The summed E-state index contributed by atoms with van der Waals surface area (Å²) >= 11 is 10.0. The number of nitrogens with one attached hydrogen (secondary N) is 2. The van der Waals surface area contributed by atoms with Crippen molar-refractivity contribution in [2.24, 2.45) is 10.4 Å². The summed E-state index contributed by atoms with van der Waals surface area (Å²) in [6.45, 7) is 13.7. The lowest BCUT2D eigenvalue weighted by Gasteiger charge is -2.35. The fourth-order valence-electron chi connectivity index (χ4n) is 8.45. The van der Waals surface area contributed by atoms with Gasteiger partial charge in [-0.25, -0.2) is 4.98 Å². The van der Waals surface area contributed by atoms with Crippen LogP contribution in [0.4, 0.5) is 0 Å². The van der Waals surface area contributed by atoms with E-state index in [1.165, 1.54) is 12.0 Å². The first-order valence-corrected chi connectivity index (χ1v) is 23.6. The maximum absolute atomic E-state index is 14.3. The third-order valence-electron chi connectivity index (χ3n) is 12.2. The van der Waals surface area contributed by atoms with Gasteiger partial charge in [-0.1, -0.05) is 87.0 Å². The van der Waals surface area contributed by atoms with Crippen LogP contribution in [0.15, 0.2) is 77.2 Å². The summed E-state index contributed by atoms with van der Waals surface area (Å²) in [7, 11) is 1.35. The van der Waals surface area contributed by atoms with Gasteiger partial charge in [0.1, 0.15) is 29.0 Å². The fraction of sp³-hybridized carbons (Fsp3) is 0.347. The molecule has 0 aliphatic carbocycles. The lowest BCUT2D eigenvalue weighted by Crippen LogP contribution is -2.57. The molecule has 0 saturated carbocycles. The molecule has 342 valence electrons. The molecule has 3 N–H and O–H groups in total. The van der Waals surface area contributed by atoms with E-state index < -0.39 is 47.4 Å². The normalized spacial score (nSPS) is 17.3. The van der Waals surface area contributed by atoms with E-state index >= 15 is 0 Å². The van der Waals surface area contributed by atoms with Crippen LogP contribution in [0.25, 0.3) is 26.6 Å². The number of amides is 3. The summed E-state index contributed by atoms with van der Waals surface area (Å²) < 4.78 is 7.01. The Hall–Kier alpha value is -6.07. The maximum Gasteiger partial charge on any atom is 0.308 e. The number of hydrogen-bond acceptors (Lipinski definition) is 12. The minimum atomic E-state index is -1.05. The van der Waals surface area contributed by atoms with Crippen LogP contribution in [0.2, 0.25) is 5.02 Å². The summed E-state index contributed by atoms with van der Waals surface area (Å²) in [6, 6.07) is 18.2. The van der Waals surface area contributed by atoms with E-state index in [0.29, 0.717) is 11.6 Å². The lowest BCUT2D eigenvalue weighted by molar-refractivity contribution is -0.142. The van der Waals surface area contributed by atoms with Gasteiger partial charge in [0.2, 0.25) is 11.8 Å². The predicted octanol–water partition coefficient (Wildman–Crippen LogP) is 7.88. The topological polar surface area (TPSA) is 181 Å². The van der Waals surface area contributed by atoms with Crippen LogP contribution >= 0.6 is 34.3 Å². The molecule has 3 aromatic heterocycles. The number of aryl methyl sites for hydroxylation is 3. The second-order valence-electron chi connectivity index (χ2n) is 17.8. The highest BCUT2D eigenvalue weighted by molar-refractivity contribution is 7.15. The molecule has 3 aromatic carbocycles. The number of nitrogens with zero attached hydrogens (tertiary/aromatic N) is 6. The minimum Gasteiger partial charge on any atom is -0.469 e. The zero-order valence-electron chi connectivity index (χ0n) is 37.9. The zero-order chi connectivity index (χ0) is 47.2. The number of likely N-dealkylation sites (tertiary alicyclic amines) is 1. The number of aromatic nitrogens is 4. The highest BCUT2D eigenvalue weighted by Gasteiger charge is 2.45. The van der Waals surface area contributed by atoms with Gasteiger partial charge >= 0.3 is 5.97 Å². The van der Waals surface area contributed by atoms with Crippen LogP contribution in [-0.4, -0.2) is 91.0 Å². The van der Waals surface area contributed by atoms with Crippen molar-refractivity contribution in [3.05, 3.63) is 127 Å². The molecule has 0 bridgehead atoms. The number of halogens is 1. The third kappa shape index (κ3) is 9.19. The van der Waals surface area contributed by atoms with Crippen molar-refractivity contribution in [2.75, 3.05) is 13.7 Å². The Bertz CT molecular complexity index is 2880. The second-order valence-corrected chi connectivity index (χ2v) is 20.3. The van der Waals surface area contributed by atoms with E-state index in [1.807, 2.05) is 93.2 Å². The Labute approximate surface area is 396 Å². The van der Waals surface area contributed by atoms with Gasteiger partial charge < -0.3 is 25.4 Å². The van der Waals surface area contributed by atoms with Crippen LogP contribution < -0.4 is 10.6 Å². The average Bonchev–Trinajstić information content (AvgIpc) is 4.06. The van der Waals surface area contributed by atoms with Crippen molar-refractivity contribution in [2.45, 2.75) is 92.1 Å². The van der Waals surface area contributed by atoms with Crippen molar-refractivity contribution in [1.29, 1.82) is 0 Å². The van der Waals surface area contributed by atoms with E-state index in [2.05, 4.69) is 39.7 Å². The predicted molar refractivity (Wildman–Crippen MR) is 256 cm³/mol. The van der Waals surface area contributed by atoms with E-state index in [0.717, 1.165) is 65.1 Å². The summed E-state index contributed by atoms with van der Waals surface area (Å²) in [5, 5.41) is 26.5. The Kier molecular flexibility index (Phi) is 13.1. The van der Waals surface area contributed by atoms with Gasteiger partial charge in [-0.3, -0.25) is 28.7 Å². The number of methoxy groups -OCH3 is 1. The Morgan fingerprint density at radius 1 is 0.939 bits per heavy atom. The van der Waals surface area contributed by atoms with Gasteiger partial charge in [0.05, 0.1) is 52.0 Å². The Balaban J connectivity index is 0.976. The fourth-order valence-corrected chi connectivity index (χ4v) is 10.7. The maximum atomic E-state index is 14.3. The molecular formula is C49H51ClN8O6S2. The number of aliphatic imine (C=N–C) groups is 1. The number of hydrogen-bond donors (Lipinski definition) is 3. The molecule has 0 spiro atoms. The van der Waals surface area contributed by atoms with Crippen molar-refractivity contribution < 1.29 is 29.0 Å². The van der Waals surface area contributed by atoms with E-state index in [4.69, 9.17) is 21.3 Å². The van der Waals surface area contributed by atoms with Gasteiger partial charge in [-0.15, -0.1) is 32.9 Å². The molecule has 2 aliphatic rings. The quantitative estimate of drug-likeness (QED) is 0.109. The highest BCUT2D eigenvalue weighted by atomic mass is 35.5. The zero-order valence-corrected chi connectivity index (χ0v) is 40.3. The van der Waals surface area contributed by atoms with Crippen molar-refractivity contribution in [3.63, 3.8) is 0 Å². The number of ether oxygens (including phenoxy) is 1. The third-order valence-corrected chi connectivity index (χ3v) is 14.7. The van der Waals surface area contributed by atoms with Gasteiger partial charge in [0.15, 0.2) is 5.82 Å². The molecular weight excluding hydrogens is 896 g/mol. The van der Waals surface area contributed by atoms with E-state index in [9.17, 15) is 24.3 Å². The summed E-state index contributed by atoms with van der Waals surface area (Å²) in [6.07, 6.45) is -0.838. The van der Waals surface area contributed by atoms with Crippen LogP contribution in [-0.2, 0) is 25.7 Å². The molecule has 6 aromatic rings. The first kappa shape index (κ1) is 46.5. The molecule has 1 fully saturated rings. The first-order chi connectivity index (χ1) is 31.4. The number of aliphatic hydroxyl groups excluding tert-OH is 1. The molecule has 2 aliphatic heterocycles. The van der Waals surface area contributed by atoms with E-state index in [-0.39, 0.29) is 42.4 Å². The van der Waals surface area contributed by atoms with Crippen LogP contribution in [0.5, 0.6) is 0 Å². The van der Waals surface area contributed by atoms with Crippen LogP contribution in [0.3, 0.4) is 0 Å². The SMILES string of the molecule is COC(=O)C[C@@H]1N=C(c2ccc(-c3ccc(C(=O)N[C@H](C(=O)N4C[C@H](O)C[C@H]4C(=O)NCc4ccc(-c5scnc5C)cc4)C(C)(C)C)c(Cl)c3)cc2)c2c(sc(C)c2C)-n2c(C)nnc21. The highest BCUT2D eigenvalue weighted by Crippen LogP contribution is 2.40. The van der Waals surface area contributed by atoms with Crippen molar-refractivity contribution in [1.82, 2.24) is 35.3 Å². The van der Waals surface area contributed by atoms with Gasteiger partial charge in [0.25, 0.3) is 5.91 Å². The molecule has 0 radical (unpaired) electrons. The number of rotatable bonds is 11. The molecule has 8 rings (SSSR count). The van der Waals surface area contributed by atoms with E-state index in [1.54, 1.807) is 40.9 Å². The Morgan fingerprint density at radius 3 is 2.27 bits per heavy atom. The molecule has 4 atom stereocenters. The number of carbonyl (C=O) groups is 4. The molecule has 0 unspecified atom stereocenters. The van der Waals surface area contributed by atoms with Crippen LogP contribution in [0.1, 0.15) is 94.5 Å². The van der Waals surface area contributed by atoms with Gasteiger partial charge in [-0.05, 0) is 73.1 Å². The number of benzene rings is 3. The molecule has 5 heterocycles. The number of thiazole rings is 1. The molecule has 66 heavy (non-hydrogen) atoms. The smallest absolute Gasteiger partial charge is 0.308 e. The summed E-state index contributed by atoms with van der Waals surface area (Å²) in [5.41, 5.74) is 9.28. The second kappa shape index (κ2) is 18.7. The number of fused-ring (bicyclic) bond motifs is 3. The number of aliphatic hydroxyl groups is 1. The molecule has 17 heteroatoms. The van der Waals surface area contributed by atoms with Crippen molar-refractivity contribution in [3.8, 4) is 26.6 Å². The Morgan fingerprint density at radius 2 is 1.62 bits per heavy atom. The standard InChI is InChI=1S/C49H51ClN8O6S2/c1-25-27(3)66-48-40(25)41(53-37(21-39(60)64-8)44-56-55-28(4)58(44)48)31-15-13-30(14-16-31)33-17-18-35(36(50)19-33)45(61)54-43(49(5,6)7)47(63)57-23-34(59)20-38(57)46(62)51-22-29-9-11-32(12-10-29)42-26(2)52-24-65-42/h9-19,24,34,37-38,43,59H,20-23H2,1-8H3,(H,51,62)(H,54,61)/t34-,37+,38+,43-/m1/s1. The number of thiophene rings is 1. The molecule has 3 amide bonds. The summed E-state index contributed by atoms with van der Waals surface area (Å²) in [4.78, 5) is 67.5. The number of esters is 1. The van der Waals surface area contributed by atoms with Gasteiger partial charge in [0, 0.05) is 35.5 Å². The van der Waals surface area contributed by atoms with Gasteiger partial charge in [-0.2, -0.15) is 0 Å². The van der Waals surface area contributed by atoms with Crippen molar-refractivity contribution >= 4 is 63.7 Å².